The number of benzene rings is 2. The van der Waals surface area contributed by atoms with Gasteiger partial charge in [0, 0.05) is 10.7 Å². The fourth-order valence-corrected chi connectivity index (χ4v) is 6.89. The van der Waals surface area contributed by atoms with Gasteiger partial charge in [0.05, 0.1) is 5.69 Å². The van der Waals surface area contributed by atoms with Crippen molar-refractivity contribution >= 4 is 83.5 Å². The van der Waals surface area contributed by atoms with Gasteiger partial charge in [0.1, 0.15) is 10.7 Å². The molecule has 2 aromatic rings. The summed E-state index contributed by atoms with van der Waals surface area (Å²) in [6, 6.07) is 9.00. The van der Waals surface area contributed by atoms with Gasteiger partial charge in [-0.1, -0.05) is 12.1 Å². The molecule has 0 atom stereocenters. The average molecular weight is 629 g/mol. The van der Waals surface area contributed by atoms with Crippen LogP contribution in [0.15, 0.2) is 41.3 Å². The van der Waals surface area contributed by atoms with Crippen LogP contribution in [0.4, 0.5) is 10.1 Å². The molecule has 0 bridgehead atoms. The number of nitrogens with one attached hydrogen (secondary N) is 1. The van der Waals surface area contributed by atoms with Crippen LogP contribution < -0.4 is 4.72 Å². The molecule has 2 rings (SSSR count). The number of sulfonamides is 1. The molecule has 0 heterocycles. The third-order valence-corrected chi connectivity index (χ3v) is 6.08. The topological polar surface area (TPSA) is 46.2 Å². The molecule has 0 unspecified atom stereocenters. The third kappa shape index (κ3) is 3.74. The predicted octanol–water partition coefficient (Wildman–Crippen LogP) is 4.44. The average Bonchev–Trinajstić information content (AvgIpc) is 2.34. The quantitative estimate of drug-likeness (QED) is 0.511. The summed E-state index contributed by atoms with van der Waals surface area (Å²) in [5.41, 5.74) is 0.467. The van der Waals surface area contributed by atoms with Gasteiger partial charge in [0.2, 0.25) is 0 Å². The third-order valence-electron chi connectivity index (χ3n) is 2.37. The highest BCUT2D eigenvalue weighted by Gasteiger charge is 2.21. The molecular formula is C12H7FI3NO2S. The Balaban J connectivity index is 2.47. The summed E-state index contributed by atoms with van der Waals surface area (Å²) in [6.45, 7) is 0. The summed E-state index contributed by atoms with van der Waals surface area (Å²) < 4.78 is 43.1. The van der Waals surface area contributed by atoms with Gasteiger partial charge in [-0.25, -0.2) is 12.8 Å². The first-order valence-corrected chi connectivity index (χ1v) is 9.95. The number of hydrogen-bond acceptors (Lipinski definition) is 2. The summed E-state index contributed by atoms with van der Waals surface area (Å²) in [6.07, 6.45) is 0. The van der Waals surface area contributed by atoms with E-state index in [1.165, 1.54) is 18.2 Å². The normalized spacial score (nSPS) is 11.4. The molecule has 0 aliphatic carbocycles. The molecule has 0 radical (unpaired) electrons. The Morgan fingerprint density at radius 3 is 2.10 bits per heavy atom. The molecule has 0 amide bonds. The minimum Gasteiger partial charge on any atom is -0.277 e. The summed E-state index contributed by atoms with van der Waals surface area (Å²) in [5.74, 6) is -0.768. The van der Waals surface area contributed by atoms with Crippen LogP contribution in [-0.2, 0) is 10.0 Å². The summed E-state index contributed by atoms with van der Waals surface area (Å²) in [5, 5.41) is 0. The Kier molecular flexibility index (Phi) is 5.51. The lowest BCUT2D eigenvalue weighted by Crippen LogP contribution is -2.16. The van der Waals surface area contributed by atoms with Gasteiger partial charge in [-0.2, -0.15) is 0 Å². The van der Waals surface area contributed by atoms with Crippen molar-refractivity contribution in [2.75, 3.05) is 4.72 Å². The number of anilines is 1. The molecule has 8 heteroatoms. The Morgan fingerprint density at radius 2 is 1.55 bits per heavy atom. The van der Waals surface area contributed by atoms with Crippen molar-refractivity contribution in [1.82, 2.24) is 0 Å². The first kappa shape index (κ1) is 16.7. The van der Waals surface area contributed by atoms with Crippen molar-refractivity contribution in [2.45, 2.75) is 4.90 Å². The van der Waals surface area contributed by atoms with E-state index in [0.29, 0.717) is 5.69 Å². The second-order valence-electron chi connectivity index (χ2n) is 3.78. The van der Waals surface area contributed by atoms with Crippen LogP contribution in [-0.4, -0.2) is 8.42 Å². The zero-order valence-electron chi connectivity index (χ0n) is 9.70. The van der Waals surface area contributed by atoms with E-state index in [4.69, 9.17) is 0 Å². The first-order valence-electron chi connectivity index (χ1n) is 5.23. The molecule has 20 heavy (non-hydrogen) atoms. The van der Waals surface area contributed by atoms with E-state index in [1.54, 1.807) is 0 Å². The summed E-state index contributed by atoms with van der Waals surface area (Å²) in [4.78, 5) is -0.356. The summed E-state index contributed by atoms with van der Waals surface area (Å²) >= 11 is 6.25. The van der Waals surface area contributed by atoms with Gasteiger partial charge >= 0.3 is 0 Å². The van der Waals surface area contributed by atoms with Crippen molar-refractivity contribution in [3.8, 4) is 0 Å². The van der Waals surface area contributed by atoms with E-state index < -0.39 is 15.8 Å². The van der Waals surface area contributed by atoms with Gasteiger partial charge in [0.25, 0.3) is 10.0 Å². The van der Waals surface area contributed by atoms with Crippen LogP contribution in [0, 0.1) is 16.5 Å². The second kappa shape index (κ2) is 6.60. The van der Waals surface area contributed by atoms with E-state index in [-0.39, 0.29) is 4.90 Å². The highest BCUT2D eigenvalue weighted by molar-refractivity contribution is 14.1. The van der Waals surface area contributed by atoms with Crippen molar-refractivity contribution in [3.05, 3.63) is 52.9 Å². The Hall–Kier alpha value is 0.310. The van der Waals surface area contributed by atoms with E-state index >= 15 is 0 Å². The molecular weight excluding hydrogens is 622 g/mol. The fraction of sp³-hybridized carbons (Fsp3) is 0. The smallest absolute Gasteiger partial charge is 0.264 e. The fourth-order valence-electron chi connectivity index (χ4n) is 1.49. The van der Waals surface area contributed by atoms with Gasteiger partial charge < -0.3 is 0 Å². The van der Waals surface area contributed by atoms with Crippen LogP contribution in [0.2, 0.25) is 0 Å². The monoisotopic (exact) mass is 629 g/mol. The van der Waals surface area contributed by atoms with Gasteiger partial charge in [-0.15, -0.1) is 0 Å². The maximum absolute atomic E-state index is 13.6. The molecule has 0 spiro atoms. The molecule has 0 saturated heterocycles. The highest BCUT2D eigenvalue weighted by atomic mass is 127. The molecule has 106 valence electrons. The number of rotatable bonds is 3. The Bertz CT molecular complexity index is 742. The van der Waals surface area contributed by atoms with Crippen molar-refractivity contribution in [1.29, 1.82) is 0 Å². The number of halogens is 4. The molecule has 0 fully saturated rings. The molecule has 0 aliphatic heterocycles. The zero-order chi connectivity index (χ0) is 14.9. The Morgan fingerprint density at radius 1 is 1.00 bits per heavy atom. The molecule has 0 saturated carbocycles. The minimum absolute atomic E-state index is 0.356. The van der Waals surface area contributed by atoms with Crippen LogP contribution in [0.3, 0.4) is 0 Å². The molecule has 0 aromatic heterocycles. The molecule has 3 nitrogen and oxygen atoms in total. The minimum atomic E-state index is -3.94. The Labute approximate surface area is 157 Å². The van der Waals surface area contributed by atoms with Crippen molar-refractivity contribution < 1.29 is 12.8 Å². The maximum Gasteiger partial charge on any atom is 0.264 e. The maximum atomic E-state index is 13.6. The zero-order valence-corrected chi connectivity index (χ0v) is 17.0. The van der Waals surface area contributed by atoms with E-state index in [1.807, 2.05) is 57.3 Å². The SMILES string of the molecule is O=S(=O)(Nc1c(I)cc(I)cc1I)c1ccccc1F. The van der Waals surface area contributed by atoms with Gasteiger partial charge in [-0.3, -0.25) is 4.72 Å². The van der Waals surface area contributed by atoms with Crippen LogP contribution in [0.5, 0.6) is 0 Å². The molecule has 2 aromatic carbocycles. The van der Waals surface area contributed by atoms with Crippen LogP contribution >= 0.6 is 67.8 Å². The largest absolute Gasteiger partial charge is 0.277 e. The van der Waals surface area contributed by atoms with Crippen molar-refractivity contribution in [2.24, 2.45) is 0 Å². The lowest BCUT2D eigenvalue weighted by molar-refractivity contribution is 0.570. The highest BCUT2D eigenvalue weighted by Crippen LogP contribution is 2.29. The van der Waals surface area contributed by atoms with E-state index in [9.17, 15) is 12.8 Å². The first-order chi connectivity index (χ1) is 9.31. The van der Waals surface area contributed by atoms with Gasteiger partial charge in [0.15, 0.2) is 0 Å². The van der Waals surface area contributed by atoms with Gasteiger partial charge in [-0.05, 0) is 92.0 Å². The number of hydrogen-bond donors (Lipinski definition) is 1. The predicted molar refractivity (Wildman–Crippen MR) is 102 cm³/mol. The second-order valence-corrected chi connectivity index (χ2v) is 9.00. The lowest BCUT2D eigenvalue weighted by atomic mass is 10.3. The lowest BCUT2D eigenvalue weighted by Gasteiger charge is -2.12. The molecule has 1 N–H and O–H groups in total. The summed E-state index contributed by atoms with van der Waals surface area (Å²) in [7, 11) is -3.94. The van der Waals surface area contributed by atoms with Crippen LogP contribution in [0.1, 0.15) is 0 Å². The van der Waals surface area contributed by atoms with E-state index in [0.717, 1.165) is 16.8 Å². The van der Waals surface area contributed by atoms with E-state index in [2.05, 4.69) is 27.3 Å². The van der Waals surface area contributed by atoms with Crippen molar-refractivity contribution in [3.63, 3.8) is 0 Å². The standard InChI is InChI=1S/C12H7FI3NO2S/c13-8-3-1-2-4-11(8)20(18,19)17-12-9(15)5-7(14)6-10(12)16/h1-6,17H. The van der Waals surface area contributed by atoms with Crippen LogP contribution in [0.25, 0.3) is 0 Å². The molecule has 0 aliphatic rings.